The van der Waals surface area contributed by atoms with Gasteiger partial charge in [0.25, 0.3) is 0 Å². The monoisotopic (exact) mass is 341 g/mol. The van der Waals surface area contributed by atoms with E-state index in [-0.39, 0.29) is 0 Å². The van der Waals surface area contributed by atoms with Gasteiger partial charge in [0.05, 0.1) is 0 Å². The fourth-order valence-corrected chi connectivity index (χ4v) is 4.26. The first-order chi connectivity index (χ1) is 9.19. The summed E-state index contributed by atoms with van der Waals surface area (Å²) in [6.45, 7) is 2.39. The number of benzene rings is 1. The maximum atomic E-state index is 3.54. The number of thioether (sulfide) groups is 1. The molecule has 0 aromatic heterocycles. The Morgan fingerprint density at radius 2 is 1.84 bits per heavy atom. The van der Waals surface area contributed by atoms with Crippen LogP contribution in [0.25, 0.3) is 0 Å². The molecule has 19 heavy (non-hydrogen) atoms. The molecule has 0 heterocycles. The van der Waals surface area contributed by atoms with Crippen molar-refractivity contribution in [2.45, 2.75) is 43.5 Å². The fourth-order valence-electron chi connectivity index (χ4n) is 2.86. The summed E-state index contributed by atoms with van der Waals surface area (Å²) in [5.41, 5.74) is 0. The second-order valence-electron chi connectivity index (χ2n) is 5.68. The third-order valence-corrected chi connectivity index (χ3v) is 5.90. The van der Waals surface area contributed by atoms with E-state index in [0.717, 1.165) is 16.3 Å². The van der Waals surface area contributed by atoms with Gasteiger partial charge in [0, 0.05) is 21.2 Å². The highest BCUT2D eigenvalue weighted by Gasteiger charge is 2.24. The smallest absolute Gasteiger partial charge is 0.0186 e. The van der Waals surface area contributed by atoms with E-state index >= 15 is 0 Å². The molecule has 3 heteroatoms. The minimum Gasteiger partial charge on any atom is -0.316 e. The van der Waals surface area contributed by atoms with Crippen molar-refractivity contribution in [3.05, 3.63) is 28.7 Å². The molecular weight excluding hydrogens is 318 g/mol. The summed E-state index contributed by atoms with van der Waals surface area (Å²) < 4.78 is 1.16. The molecular formula is C16H24BrNS. The van der Waals surface area contributed by atoms with E-state index in [2.05, 4.69) is 59.5 Å². The zero-order valence-electron chi connectivity index (χ0n) is 11.9. The zero-order valence-corrected chi connectivity index (χ0v) is 14.3. The average Bonchev–Trinajstić information content (AvgIpc) is 2.43. The van der Waals surface area contributed by atoms with Gasteiger partial charge in [-0.2, -0.15) is 0 Å². The van der Waals surface area contributed by atoms with Gasteiger partial charge in [0.1, 0.15) is 0 Å². The first-order valence-electron chi connectivity index (χ1n) is 7.24. The quantitative estimate of drug-likeness (QED) is 0.760. The van der Waals surface area contributed by atoms with Crippen molar-refractivity contribution in [1.82, 2.24) is 5.32 Å². The molecule has 1 aromatic carbocycles. The molecule has 0 spiro atoms. The van der Waals surface area contributed by atoms with Crippen LogP contribution in [0.1, 0.15) is 32.6 Å². The molecule has 1 saturated carbocycles. The van der Waals surface area contributed by atoms with Crippen molar-refractivity contribution in [2.24, 2.45) is 11.8 Å². The third kappa shape index (κ3) is 4.80. The highest BCUT2D eigenvalue weighted by Crippen LogP contribution is 2.32. The highest BCUT2D eigenvalue weighted by molar-refractivity contribution is 9.10. The molecule has 1 aliphatic carbocycles. The Kier molecular flexibility index (Phi) is 6.24. The van der Waals surface area contributed by atoms with Gasteiger partial charge in [-0.25, -0.2) is 0 Å². The SMILES string of the molecule is CNC(CSc1ccc(Br)cc1)C1CCC(C)CC1. The molecule has 0 amide bonds. The summed E-state index contributed by atoms with van der Waals surface area (Å²) in [7, 11) is 2.12. The molecule has 1 fully saturated rings. The normalized spacial score (nSPS) is 25.2. The molecule has 1 aliphatic rings. The van der Waals surface area contributed by atoms with Crippen LogP contribution in [-0.2, 0) is 0 Å². The molecule has 0 bridgehead atoms. The van der Waals surface area contributed by atoms with Gasteiger partial charge in [0.2, 0.25) is 0 Å². The van der Waals surface area contributed by atoms with Gasteiger partial charge in [0.15, 0.2) is 0 Å². The van der Waals surface area contributed by atoms with Crippen LogP contribution in [0.3, 0.4) is 0 Å². The molecule has 1 N–H and O–H groups in total. The first kappa shape index (κ1) is 15.4. The highest BCUT2D eigenvalue weighted by atomic mass is 79.9. The Balaban J connectivity index is 1.83. The Bertz CT molecular complexity index is 371. The van der Waals surface area contributed by atoms with Gasteiger partial charge in [-0.05, 0) is 56.0 Å². The van der Waals surface area contributed by atoms with Crippen molar-refractivity contribution >= 4 is 27.7 Å². The van der Waals surface area contributed by atoms with Gasteiger partial charge < -0.3 is 5.32 Å². The van der Waals surface area contributed by atoms with E-state index in [1.165, 1.54) is 36.3 Å². The number of halogens is 1. The lowest BCUT2D eigenvalue weighted by Crippen LogP contribution is -2.37. The minimum atomic E-state index is 0.654. The summed E-state index contributed by atoms with van der Waals surface area (Å²) in [6.07, 6.45) is 5.61. The number of hydrogen-bond acceptors (Lipinski definition) is 2. The number of hydrogen-bond donors (Lipinski definition) is 1. The van der Waals surface area contributed by atoms with E-state index in [1.807, 2.05) is 11.8 Å². The van der Waals surface area contributed by atoms with Gasteiger partial charge in [-0.3, -0.25) is 0 Å². The number of rotatable bonds is 5. The molecule has 1 atom stereocenters. The maximum Gasteiger partial charge on any atom is 0.0186 e. The minimum absolute atomic E-state index is 0.654. The van der Waals surface area contributed by atoms with Crippen molar-refractivity contribution in [1.29, 1.82) is 0 Å². The van der Waals surface area contributed by atoms with Gasteiger partial charge >= 0.3 is 0 Å². The molecule has 0 aliphatic heterocycles. The van der Waals surface area contributed by atoms with Crippen LogP contribution in [0.15, 0.2) is 33.6 Å². The fraction of sp³-hybridized carbons (Fsp3) is 0.625. The van der Waals surface area contributed by atoms with Crippen molar-refractivity contribution in [3.63, 3.8) is 0 Å². The maximum absolute atomic E-state index is 3.54. The Hall–Kier alpha value is 0.01000. The largest absolute Gasteiger partial charge is 0.316 e. The van der Waals surface area contributed by atoms with Crippen LogP contribution >= 0.6 is 27.7 Å². The summed E-state index contributed by atoms with van der Waals surface area (Å²) in [6, 6.07) is 9.30. The molecule has 0 radical (unpaired) electrons. The second kappa shape index (κ2) is 7.70. The summed E-state index contributed by atoms with van der Waals surface area (Å²) >= 11 is 5.46. The van der Waals surface area contributed by atoms with E-state index < -0.39 is 0 Å². The van der Waals surface area contributed by atoms with E-state index in [0.29, 0.717) is 6.04 Å². The van der Waals surface area contributed by atoms with E-state index in [4.69, 9.17) is 0 Å². The molecule has 0 saturated heterocycles. The summed E-state index contributed by atoms with van der Waals surface area (Å²) in [5, 5.41) is 3.54. The summed E-state index contributed by atoms with van der Waals surface area (Å²) in [4.78, 5) is 1.37. The lowest BCUT2D eigenvalue weighted by atomic mass is 9.80. The van der Waals surface area contributed by atoms with Crippen LogP contribution in [0, 0.1) is 11.8 Å². The molecule has 1 unspecified atom stereocenters. The van der Waals surface area contributed by atoms with Crippen molar-refractivity contribution < 1.29 is 0 Å². The first-order valence-corrected chi connectivity index (χ1v) is 9.02. The second-order valence-corrected chi connectivity index (χ2v) is 7.69. The molecule has 2 rings (SSSR count). The van der Waals surface area contributed by atoms with Crippen molar-refractivity contribution in [3.8, 4) is 0 Å². The summed E-state index contributed by atoms with van der Waals surface area (Å²) in [5.74, 6) is 2.98. The standard InChI is InChI=1S/C16H24BrNS/c1-12-3-5-13(6-4-12)16(18-2)11-19-15-9-7-14(17)8-10-15/h7-10,12-13,16,18H,3-6,11H2,1-2H3. The van der Waals surface area contributed by atoms with Crippen molar-refractivity contribution in [2.75, 3.05) is 12.8 Å². The van der Waals surface area contributed by atoms with Gasteiger partial charge in [-0.15, -0.1) is 11.8 Å². The molecule has 1 nitrogen and oxygen atoms in total. The Morgan fingerprint density at radius 3 is 2.42 bits per heavy atom. The van der Waals surface area contributed by atoms with Crippen LogP contribution in [-0.4, -0.2) is 18.8 Å². The van der Waals surface area contributed by atoms with Crippen LogP contribution < -0.4 is 5.32 Å². The van der Waals surface area contributed by atoms with Crippen LogP contribution in [0.5, 0.6) is 0 Å². The zero-order chi connectivity index (χ0) is 13.7. The van der Waals surface area contributed by atoms with E-state index in [1.54, 1.807) is 0 Å². The average molecular weight is 342 g/mol. The lowest BCUT2D eigenvalue weighted by Gasteiger charge is -2.32. The Labute approximate surface area is 130 Å². The molecule has 106 valence electrons. The van der Waals surface area contributed by atoms with Gasteiger partial charge in [-0.1, -0.05) is 35.7 Å². The lowest BCUT2D eigenvalue weighted by molar-refractivity contribution is 0.248. The molecule has 1 aromatic rings. The van der Waals surface area contributed by atoms with E-state index in [9.17, 15) is 0 Å². The van der Waals surface area contributed by atoms with Crippen LogP contribution in [0.4, 0.5) is 0 Å². The Morgan fingerprint density at radius 1 is 1.21 bits per heavy atom. The topological polar surface area (TPSA) is 12.0 Å². The van der Waals surface area contributed by atoms with Crippen LogP contribution in [0.2, 0.25) is 0 Å². The number of nitrogens with one attached hydrogen (secondary N) is 1. The predicted molar refractivity (Wildman–Crippen MR) is 88.8 cm³/mol. The predicted octanol–water partition coefficient (Wildman–Crippen LogP) is 4.96. The third-order valence-electron chi connectivity index (χ3n) is 4.24.